The van der Waals surface area contributed by atoms with Crippen molar-refractivity contribution >= 4 is 33.2 Å². The molecule has 21 heavy (non-hydrogen) atoms. The maximum Gasteiger partial charge on any atom is 0.156 e. The van der Waals surface area contributed by atoms with Crippen LogP contribution in [0.3, 0.4) is 0 Å². The topological polar surface area (TPSA) is 30.5 Å². The molecule has 0 bridgehead atoms. The second-order valence-electron chi connectivity index (χ2n) is 4.57. The van der Waals surface area contributed by atoms with Gasteiger partial charge in [0.05, 0.1) is 23.9 Å². The quantitative estimate of drug-likeness (QED) is 0.787. The van der Waals surface area contributed by atoms with Gasteiger partial charge in [0.2, 0.25) is 0 Å². The van der Waals surface area contributed by atoms with E-state index in [1.54, 1.807) is 14.2 Å². The summed E-state index contributed by atoms with van der Waals surface area (Å²) in [5, 5.41) is 4.00. The number of halogens is 2. The molecule has 5 heteroatoms. The highest BCUT2D eigenvalue weighted by Crippen LogP contribution is 2.36. The molecule has 2 rings (SSSR count). The molecule has 1 N–H and O–H groups in total. The van der Waals surface area contributed by atoms with Gasteiger partial charge in [0, 0.05) is 18.7 Å². The number of hydrogen-bond acceptors (Lipinski definition) is 3. The Kier molecular flexibility index (Phi) is 5.91. The van der Waals surface area contributed by atoms with Crippen molar-refractivity contribution in [2.24, 2.45) is 0 Å². The molecule has 0 atom stereocenters. The van der Waals surface area contributed by atoms with Gasteiger partial charge in [0.25, 0.3) is 0 Å². The smallest absolute Gasteiger partial charge is 0.156 e. The van der Waals surface area contributed by atoms with Crippen molar-refractivity contribution in [3.8, 4) is 5.75 Å². The molecular weight excluding hydrogens is 354 g/mol. The fourth-order valence-electron chi connectivity index (χ4n) is 2.02. The summed E-state index contributed by atoms with van der Waals surface area (Å²) >= 11 is 9.52. The van der Waals surface area contributed by atoms with Gasteiger partial charge in [-0.3, -0.25) is 0 Å². The second-order valence-corrected chi connectivity index (χ2v) is 5.86. The molecule has 3 nitrogen and oxygen atoms in total. The average molecular weight is 371 g/mol. The first kappa shape index (κ1) is 16.1. The average Bonchev–Trinajstić information content (AvgIpc) is 2.46. The summed E-state index contributed by atoms with van der Waals surface area (Å²) in [5.41, 5.74) is 3.19. The molecule has 0 heterocycles. The van der Waals surface area contributed by atoms with E-state index >= 15 is 0 Å². The maximum atomic E-state index is 6.08. The zero-order valence-electron chi connectivity index (χ0n) is 12.0. The largest absolute Gasteiger partial charge is 0.493 e. The molecular formula is C16H17BrClNO2. The van der Waals surface area contributed by atoms with Crippen LogP contribution in [0.25, 0.3) is 0 Å². The minimum Gasteiger partial charge on any atom is -0.493 e. The van der Waals surface area contributed by atoms with Crippen LogP contribution in [-0.2, 0) is 17.9 Å². The molecule has 0 aliphatic carbocycles. The van der Waals surface area contributed by atoms with Gasteiger partial charge < -0.3 is 14.8 Å². The molecule has 0 spiro atoms. The Bertz CT molecular complexity index is 602. The summed E-state index contributed by atoms with van der Waals surface area (Å²) in [4.78, 5) is 0. The normalized spacial score (nSPS) is 10.5. The van der Waals surface area contributed by atoms with E-state index in [4.69, 9.17) is 21.1 Å². The Labute approximate surface area is 138 Å². The molecule has 0 radical (unpaired) electrons. The van der Waals surface area contributed by atoms with Crippen LogP contribution in [0.5, 0.6) is 5.75 Å². The summed E-state index contributed by atoms with van der Waals surface area (Å²) in [5.74, 6) is 0.746. The van der Waals surface area contributed by atoms with E-state index in [0.29, 0.717) is 18.2 Å². The third kappa shape index (κ3) is 4.37. The number of methoxy groups -OCH3 is 2. The molecule has 0 aliphatic rings. The number of hydrogen-bond donors (Lipinski definition) is 1. The minimum absolute atomic E-state index is 0.628. The van der Waals surface area contributed by atoms with Gasteiger partial charge in [-0.2, -0.15) is 0 Å². The van der Waals surface area contributed by atoms with Gasteiger partial charge in [-0.05, 0) is 39.2 Å². The van der Waals surface area contributed by atoms with Crippen LogP contribution in [0.4, 0.5) is 5.69 Å². The van der Waals surface area contributed by atoms with E-state index in [2.05, 4.69) is 45.5 Å². The third-order valence-electron chi connectivity index (χ3n) is 3.03. The second kappa shape index (κ2) is 7.69. The van der Waals surface area contributed by atoms with Crippen LogP contribution in [0.2, 0.25) is 5.02 Å². The lowest BCUT2D eigenvalue weighted by atomic mass is 10.1. The van der Waals surface area contributed by atoms with Crippen LogP contribution in [0, 0.1) is 0 Å². The molecule has 0 aliphatic heterocycles. The fourth-order valence-corrected chi connectivity index (χ4v) is 2.99. The molecule has 2 aromatic rings. The zero-order chi connectivity index (χ0) is 15.2. The van der Waals surface area contributed by atoms with Crippen molar-refractivity contribution in [2.75, 3.05) is 19.5 Å². The van der Waals surface area contributed by atoms with Gasteiger partial charge >= 0.3 is 0 Å². The monoisotopic (exact) mass is 369 g/mol. The van der Waals surface area contributed by atoms with Crippen molar-refractivity contribution in [1.29, 1.82) is 0 Å². The summed E-state index contributed by atoms with van der Waals surface area (Å²) in [6, 6.07) is 11.9. The van der Waals surface area contributed by atoms with E-state index in [-0.39, 0.29) is 0 Å². The summed E-state index contributed by atoms with van der Waals surface area (Å²) in [7, 11) is 3.33. The lowest BCUT2D eigenvalue weighted by Crippen LogP contribution is -2.02. The SMILES string of the molecule is COCc1ccc(CNc2cc(Cl)cc(Br)c2OC)cc1. The summed E-state index contributed by atoms with van der Waals surface area (Å²) in [6.07, 6.45) is 0. The Morgan fingerprint density at radius 1 is 1.10 bits per heavy atom. The van der Waals surface area contributed by atoms with Crippen LogP contribution in [0.15, 0.2) is 40.9 Å². The van der Waals surface area contributed by atoms with Crippen LogP contribution in [-0.4, -0.2) is 14.2 Å². The number of anilines is 1. The summed E-state index contributed by atoms with van der Waals surface area (Å²) in [6.45, 7) is 1.32. The number of nitrogens with one attached hydrogen (secondary N) is 1. The van der Waals surface area contributed by atoms with E-state index < -0.39 is 0 Å². The first-order chi connectivity index (χ1) is 10.1. The van der Waals surface area contributed by atoms with Gasteiger partial charge in [0.15, 0.2) is 5.75 Å². The predicted octanol–water partition coefficient (Wildman–Crippen LogP) is 4.87. The van der Waals surface area contributed by atoms with E-state index in [0.717, 1.165) is 21.5 Å². The van der Waals surface area contributed by atoms with Crippen molar-refractivity contribution < 1.29 is 9.47 Å². The van der Waals surface area contributed by atoms with Gasteiger partial charge in [-0.1, -0.05) is 35.9 Å². The standard InChI is InChI=1S/C16H17BrClNO2/c1-20-10-12-5-3-11(4-6-12)9-19-15-8-13(18)7-14(17)16(15)21-2/h3-8,19H,9-10H2,1-2H3. The molecule has 0 saturated heterocycles. The molecule has 0 fully saturated rings. The van der Waals surface area contributed by atoms with Crippen molar-refractivity contribution in [3.05, 3.63) is 57.0 Å². The molecule has 0 amide bonds. The Morgan fingerprint density at radius 3 is 2.38 bits per heavy atom. The molecule has 0 aromatic heterocycles. The Balaban J connectivity index is 2.09. The summed E-state index contributed by atoms with van der Waals surface area (Å²) < 4.78 is 11.3. The molecule has 112 valence electrons. The first-order valence-corrected chi connectivity index (χ1v) is 7.64. The Hall–Kier alpha value is -1.23. The Morgan fingerprint density at radius 2 is 1.76 bits per heavy atom. The van der Waals surface area contributed by atoms with Crippen LogP contribution >= 0.6 is 27.5 Å². The van der Waals surface area contributed by atoms with Gasteiger partial charge in [0.1, 0.15) is 0 Å². The zero-order valence-corrected chi connectivity index (χ0v) is 14.3. The number of benzene rings is 2. The van der Waals surface area contributed by atoms with Crippen LogP contribution in [0.1, 0.15) is 11.1 Å². The van der Waals surface area contributed by atoms with Crippen molar-refractivity contribution in [1.82, 2.24) is 0 Å². The third-order valence-corrected chi connectivity index (χ3v) is 3.84. The molecule has 0 unspecified atom stereocenters. The fraction of sp³-hybridized carbons (Fsp3) is 0.250. The lowest BCUT2D eigenvalue weighted by Gasteiger charge is -2.13. The van der Waals surface area contributed by atoms with E-state index in [9.17, 15) is 0 Å². The van der Waals surface area contributed by atoms with Crippen molar-refractivity contribution in [3.63, 3.8) is 0 Å². The van der Waals surface area contributed by atoms with Crippen LogP contribution < -0.4 is 10.1 Å². The predicted molar refractivity (Wildman–Crippen MR) is 90.2 cm³/mol. The van der Waals surface area contributed by atoms with Gasteiger partial charge in [-0.15, -0.1) is 0 Å². The van der Waals surface area contributed by atoms with E-state index in [1.807, 2.05) is 12.1 Å². The maximum absolute atomic E-state index is 6.08. The highest BCUT2D eigenvalue weighted by molar-refractivity contribution is 9.10. The first-order valence-electron chi connectivity index (χ1n) is 6.47. The lowest BCUT2D eigenvalue weighted by molar-refractivity contribution is 0.185. The highest BCUT2D eigenvalue weighted by Gasteiger charge is 2.09. The van der Waals surface area contributed by atoms with Crippen molar-refractivity contribution in [2.45, 2.75) is 13.2 Å². The molecule has 0 saturated carbocycles. The van der Waals surface area contributed by atoms with Gasteiger partial charge in [-0.25, -0.2) is 0 Å². The number of ether oxygens (including phenoxy) is 2. The molecule has 2 aromatic carbocycles. The highest BCUT2D eigenvalue weighted by atomic mass is 79.9. The van der Waals surface area contributed by atoms with E-state index in [1.165, 1.54) is 5.56 Å². The minimum atomic E-state index is 0.628. The number of rotatable bonds is 6.